The Morgan fingerprint density at radius 3 is 2.00 bits per heavy atom. The van der Waals surface area contributed by atoms with Crippen molar-refractivity contribution in [1.82, 2.24) is 0 Å². The molecule has 0 aromatic rings. The highest BCUT2D eigenvalue weighted by atomic mass is 32.2. The van der Waals surface area contributed by atoms with Crippen LogP contribution in [0.4, 0.5) is 0 Å². The highest BCUT2D eigenvalue weighted by molar-refractivity contribution is 8.01. The predicted octanol–water partition coefficient (Wildman–Crippen LogP) is 3.31. The second-order valence-electron chi connectivity index (χ2n) is 6.38. The summed E-state index contributed by atoms with van der Waals surface area (Å²) in [7, 11) is -3.89. The molecule has 0 radical (unpaired) electrons. The van der Waals surface area contributed by atoms with Crippen molar-refractivity contribution in [3.63, 3.8) is 0 Å². The molecule has 6 heteroatoms. The van der Waals surface area contributed by atoms with Gasteiger partial charge in [0.25, 0.3) is 0 Å². The van der Waals surface area contributed by atoms with E-state index in [1.807, 2.05) is 31.2 Å². The normalized spacial score (nSPS) is 22.0. The van der Waals surface area contributed by atoms with Gasteiger partial charge in [-0.2, -0.15) is 0 Å². The maximum Gasteiger partial charge on any atom is 0.325 e. The van der Waals surface area contributed by atoms with Gasteiger partial charge < -0.3 is 15.5 Å². The van der Waals surface area contributed by atoms with Crippen LogP contribution in [0.3, 0.4) is 0 Å². The van der Waals surface area contributed by atoms with Crippen molar-refractivity contribution in [1.29, 1.82) is 0 Å². The summed E-state index contributed by atoms with van der Waals surface area (Å²) >= 11 is 1.69. The van der Waals surface area contributed by atoms with E-state index in [0.29, 0.717) is 12.2 Å². The Labute approximate surface area is 142 Å². The number of nitrogens with two attached hydrogens (primary N) is 1. The first kappa shape index (κ1) is 18.5. The van der Waals surface area contributed by atoms with Crippen molar-refractivity contribution in [2.24, 2.45) is 5.73 Å². The SMILES string of the molecule is CC1(N)C=CC2=C(C=C1)C=CC(C)(SCCCP(=O)(O)O)C=C2. The molecule has 23 heavy (non-hydrogen) atoms. The summed E-state index contributed by atoms with van der Waals surface area (Å²) in [6, 6.07) is 0. The first-order chi connectivity index (χ1) is 10.6. The lowest BCUT2D eigenvalue weighted by molar-refractivity contribution is 0.372. The predicted molar refractivity (Wildman–Crippen MR) is 98.6 cm³/mol. The lowest BCUT2D eigenvalue weighted by atomic mass is 10.0. The van der Waals surface area contributed by atoms with E-state index < -0.39 is 13.1 Å². The van der Waals surface area contributed by atoms with Crippen LogP contribution in [0.25, 0.3) is 0 Å². The molecule has 0 aromatic carbocycles. The van der Waals surface area contributed by atoms with Gasteiger partial charge in [0.2, 0.25) is 0 Å². The Hall–Kier alpha value is -0.840. The van der Waals surface area contributed by atoms with Gasteiger partial charge in [0.15, 0.2) is 0 Å². The van der Waals surface area contributed by atoms with Gasteiger partial charge in [0.05, 0.1) is 11.7 Å². The molecule has 0 saturated carbocycles. The van der Waals surface area contributed by atoms with Gasteiger partial charge in [-0.25, -0.2) is 0 Å². The first-order valence-corrected chi connectivity index (χ1v) is 10.4. The third kappa shape index (κ3) is 5.94. The maximum atomic E-state index is 10.9. The van der Waals surface area contributed by atoms with Crippen LogP contribution < -0.4 is 5.73 Å². The minimum Gasteiger partial charge on any atom is -0.324 e. The summed E-state index contributed by atoms with van der Waals surface area (Å²) in [5, 5.41) is 0. The van der Waals surface area contributed by atoms with Crippen molar-refractivity contribution in [2.75, 3.05) is 11.9 Å². The third-order valence-electron chi connectivity index (χ3n) is 3.77. The Morgan fingerprint density at radius 1 is 1.04 bits per heavy atom. The van der Waals surface area contributed by atoms with E-state index in [-0.39, 0.29) is 10.9 Å². The first-order valence-electron chi connectivity index (χ1n) is 7.57. The summed E-state index contributed by atoms with van der Waals surface area (Å²) < 4.78 is 10.7. The van der Waals surface area contributed by atoms with Crippen LogP contribution in [0.15, 0.2) is 59.8 Å². The molecule has 0 aromatic heterocycles. The quantitative estimate of drug-likeness (QED) is 0.522. The summed E-state index contributed by atoms with van der Waals surface area (Å²) in [4.78, 5) is 17.8. The number of hydrogen-bond acceptors (Lipinski definition) is 3. The van der Waals surface area contributed by atoms with Crippen LogP contribution in [-0.2, 0) is 4.57 Å². The maximum absolute atomic E-state index is 10.9. The molecule has 4 N–H and O–H groups in total. The van der Waals surface area contributed by atoms with Gasteiger partial charge >= 0.3 is 7.60 Å². The summed E-state index contributed by atoms with van der Waals surface area (Å²) in [5.74, 6) is 0.702. The number of thioether (sulfide) groups is 1. The molecule has 2 aliphatic rings. The van der Waals surface area contributed by atoms with Crippen LogP contribution in [0.1, 0.15) is 20.3 Å². The Balaban J connectivity index is 2.03. The van der Waals surface area contributed by atoms with Crippen molar-refractivity contribution in [3.8, 4) is 0 Å². The molecule has 0 atom stereocenters. The average Bonchev–Trinajstić information content (AvgIpc) is 2.67. The zero-order valence-electron chi connectivity index (χ0n) is 13.5. The Morgan fingerprint density at radius 2 is 1.52 bits per heavy atom. The van der Waals surface area contributed by atoms with Gasteiger partial charge in [0.1, 0.15) is 0 Å². The molecule has 126 valence electrons. The Bertz CT molecular complexity index is 617. The fourth-order valence-corrected chi connectivity index (χ4v) is 4.16. The lowest BCUT2D eigenvalue weighted by Crippen LogP contribution is -2.30. The molecule has 0 bridgehead atoms. The fourth-order valence-electron chi connectivity index (χ4n) is 2.32. The van der Waals surface area contributed by atoms with Crippen LogP contribution in [0, 0.1) is 0 Å². The summed E-state index contributed by atoms with van der Waals surface area (Å²) in [6.45, 7) is 4.07. The molecular weight excluding hydrogens is 329 g/mol. The van der Waals surface area contributed by atoms with Crippen LogP contribution in [0.5, 0.6) is 0 Å². The van der Waals surface area contributed by atoms with E-state index in [4.69, 9.17) is 15.5 Å². The van der Waals surface area contributed by atoms with E-state index in [9.17, 15) is 4.57 Å². The molecule has 0 amide bonds. The standard InChI is InChI=1S/C17H24NO3PS/c1-16(18)8-4-14-6-10-17(2,11-7-15(14)5-9-16)23-13-3-12-22(19,20)21/h4-11H,3,12-13,18H2,1-2H3,(H2,19,20,21). The van der Waals surface area contributed by atoms with Gasteiger partial charge in [-0.05, 0) is 37.2 Å². The minimum atomic E-state index is -3.89. The summed E-state index contributed by atoms with van der Waals surface area (Å²) in [6.07, 6.45) is 16.9. The number of rotatable bonds is 5. The molecule has 2 rings (SSSR count). The largest absolute Gasteiger partial charge is 0.325 e. The summed E-state index contributed by atoms with van der Waals surface area (Å²) in [5.41, 5.74) is 7.92. The molecule has 0 aliphatic heterocycles. The number of allylic oxidation sites excluding steroid dienone is 6. The molecule has 0 saturated heterocycles. The van der Waals surface area contributed by atoms with Gasteiger partial charge in [-0.1, -0.05) is 48.6 Å². The van der Waals surface area contributed by atoms with Crippen molar-refractivity contribution in [2.45, 2.75) is 30.6 Å². The van der Waals surface area contributed by atoms with Crippen molar-refractivity contribution < 1.29 is 14.4 Å². The molecular formula is C17H24NO3PS. The zero-order valence-corrected chi connectivity index (χ0v) is 15.2. The van der Waals surface area contributed by atoms with E-state index in [0.717, 1.165) is 11.1 Å². The second kappa shape index (κ2) is 6.96. The topological polar surface area (TPSA) is 83.6 Å². The van der Waals surface area contributed by atoms with Crippen molar-refractivity contribution >= 4 is 19.4 Å². The molecule has 0 heterocycles. The smallest absolute Gasteiger partial charge is 0.324 e. The van der Waals surface area contributed by atoms with Crippen LogP contribution in [0.2, 0.25) is 0 Å². The highest BCUT2D eigenvalue weighted by Gasteiger charge is 2.22. The van der Waals surface area contributed by atoms with E-state index in [2.05, 4.69) is 31.2 Å². The zero-order chi connectivity index (χ0) is 17.1. The average molecular weight is 353 g/mol. The van der Waals surface area contributed by atoms with Gasteiger partial charge in [0, 0.05) is 4.75 Å². The van der Waals surface area contributed by atoms with E-state index in [1.54, 1.807) is 11.8 Å². The monoisotopic (exact) mass is 353 g/mol. The highest BCUT2D eigenvalue weighted by Crippen LogP contribution is 2.38. The van der Waals surface area contributed by atoms with Crippen molar-refractivity contribution in [3.05, 3.63) is 59.8 Å². The van der Waals surface area contributed by atoms with E-state index in [1.165, 1.54) is 0 Å². The fraction of sp³-hybridized carbons (Fsp3) is 0.412. The molecule has 0 spiro atoms. The Kier molecular flexibility index (Phi) is 5.59. The second-order valence-corrected chi connectivity index (χ2v) is 9.74. The molecule has 4 nitrogen and oxygen atoms in total. The minimum absolute atomic E-state index is 0.0567. The third-order valence-corrected chi connectivity index (χ3v) is 6.06. The van der Waals surface area contributed by atoms with Crippen LogP contribution >= 0.6 is 19.4 Å². The number of hydrogen-bond donors (Lipinski definition) is 3. The van der Waals surface area contributed by atoms with Gasteiger partial charge in [-0.3, -0.25) is 4.57 Å². The molecule has 0 unspecified atom stereocenters. The lowest BCUT2D eigenvalue weighted by Gasteiger charge is -2.21. The van der Waals surface area contributed by atoms with E-state index >= 15 is 0 Å². The molecule has 2 aliphatic carbocycles. The van der Waals surface area contributed by atoms with Gasteiger partial charge in [-0.15, -0.1) is 11.8 Å². The molecule has 0 fully saturated rings. The van der Waals surface area contributed by atoms with Crippen LogP contribution in [-0.4, -0.2) is 32.0 Å².